The first-order valence-electron chi connectivity index (χ1n) is 7.61. The molecule has 0 aliphatic rings. The number of anilines is 1. The summed E-state index contributed by atoms with van der Waals surface area (Å²) >= 11 is 2.07. The standard InChI is InChI=1S/C18H17IN2O4/c1-2-25-18(24)12-7-9-13(10-8-12)21-16(22)11-20-17(23)14-5-3-4-6-15(14)19/h3-10H,2,11H2,1H3,(H,20,23)(H,21,22). The molecule has 0 saturated carbocycles. The Bertz CT molecular complexity index is 775. The Balaban J connectivity index is 1.87. The second kappa shape index (κ2) is 9.16. The molecule has 2 amide bonds. The minimum atomic E-state index is -0.412. The van der Waals surface area contributed by atoms with Gasteiger partial charge < -0.3 is 15.4 Å². The fourth-order valence-electron chi connectivity index (χ4n) is 2.01. The fraction of sp³-hybridized carbons (Fsp3) is 0.167. The molecule has 25 heavy (non-hydrogen) atoms. The SMILES string of the molecule is CCOC(=O)c1ccc(NC(=O)CNC(=O)c2ccccc2I)cc1. The van der Waals surface area contributed by atoms with Crippen LogP contribution < -0.4 is 10.6 Å². The molecule has 0 aromatic heterocycles. The highest BCUT2D eigenvalue weighted by molar-refractivity contribution is 14.1. The third kappa shape index (κ3) is 5.56. The molecule has 0 aliphatic carbocycles. The zero-order chi connectivity index (χ0) is 18.2. The van der Waals surface area contributed by atoms with Crippen LogP contribution in [0, 0.1) is 3.57 Å². The van der Waals surface area contributed by atoms with Gasteiger partial charge in [0.1, 0.15) is 0 Å². The summed E-state index contributed by atoms with van der Waals surface area (Å²) in [6.45, 7) is 1.89. The van der Waals surface area contributed by atoms with Crippen LogP contribution in [0.5, 0.6) is 0 Å². The number of benzene rings is 2. The van der Waals surface area contributed by atoms with E-state index in [0.717, 1.165) is 3.57 Å². The van der Waals surface area contributed by atoms with Gasteiger partial charge in [-0.25, -0.2) is 4.79 Å². The molecular weight excluding hydrogens is 435 g/mol. The zero-order valence-corrected chi connectivity index (χ0v) is 15.7. The number of amides is 2. The minimum Gasteiger partial charge on any atom is -0.462 e. The maximum absolute atomic E-state index is 12.1. The summed E-state index contributed by atoms with van der Waals surface area (Å²) in [6, 6.07) is 13.5. The molecule has 2 aromatic rings. The maximum Gasteiger partial charge on any atom is 0.338 e. The molecule has 2 N–H and O–H groups in total. The highest BCUT2D eigenvalue weighted by Crippen LogP contribution is 2.12. The highest BCUT2D eigenvalue weighted by Gasteiger charge is 2.11. The largest absolute Gasteiger partial charge is 0.462 e. The lowest BCUT2D eigenvalue weighted by atomic mass is 10.2. The molecule has 0 atom stereocenters. The Morgan fingerprint density at radius 1 is 1.04 bits per heavy atom. The number of nitrogens with one attached hydrogen (secondary N) is 2. The summed E-state index contributed by atoms with van der Waals surface area (Å²) in [5.74, 6) is -1.08. The Morgan fingerprint density at radius 2 is 1.72 bits per heavy atom. The highest BCUT2D eigenvalue weighted by atomic mass is 127. The van der Waals surface area contributed by atoms with Crippen molar-refractivity contribution in [3.05, 3.63) is 63.2 Å². The monoisotopic (exact) mass is 452 g/mol. The minimum absolute atomic E-state index is 0.149. The van der Waals surface area contributed by atoms with Gasteiger partial charge in [-0.15, -0.1) is 0 Å². The number of ether oxygens (including phenoxy) is 1. The van der Waals surface area contributed by atoms with Crippen LogP contribution in [0.1, 0.15) is 27.6 Å². The van der Waals surface area contributed by atoms with E-state index in [1.54, 1.807) is 43.3 Å². The van der Waals surface area contributed by atoms with Gasteiger partial charge in [-0.2, -0.15) is 0 Å². The lowest BCUT2D eigenvalue weighted by Gasteiger charge is -2.08. The van der Waals surface area contributed by atoms with Crippen LogP contribution in [0.15, 0.2) is 48.5 Å². The van der Waals surface area contributed by atoms with Crippen LogP contribution >= 0.6 is 22.6 Å². The average Bonchev–Trinajstić information content (AvgIpc) is 2.61. The van der Waals surface area contributed by atoms with Crippen molar-refractivity contribution in [2.45, 2.75) is 6.92 Å². The van der Waals surface area contributed by atoms with E-state index in [4.69, 9.17) is 4.74 Å². The lowest BCUT2D eigenvalue weighted by Crippen LogP contribution is -2.33. The van der Waals surface area contributed by atoms with Crippen LogP contribution in [-0.4, -0.2) is 30.9 Å². The molecule has 0 aliphatic heterocycles. The first kappa shape index (κ1) is 18.9. The molecule has 0 saturated heterocycles. The summed E-state index contributed by atoms with van der Waals surface area (Å²) in [5, 5.41) is 5.23. The molecule has 6 nitrogen and oxygen atoms in total. The van der Waals surface area contributed by atoms with Crippen LogP contribution in [0.25, 0.3) is 0 Å². The topological polar surface area (TPSA) is 84.5 Å². The van der Waals surface area contributed by atoms with Crippen molar-refractivity contribution in [2.24, 2.45) is 0 Å². The van der Waals surface area contributed by atoms with Gasteiger partial charge in [-0.3, -0.25) is 9.59 Å². The maximum atomic E-state index is 12.1. The van der Waals surface area contributed by atoms with Gasteiger partial charge in [-0.1, -0.05) is 12.1 Å². The first-order valence-corrected chi connectivity index (χ1v) is 8.69. The Morgan fingerprint density at radius 3 is 2.36 bits per heavy atom. The van der Waals surface area contributed by atoms with Gasteiger partial charge in [0.15, 0.2) is 0 Å². The predicted molar refractivity (Wildman–Crippen MR) is 103 cm³/mol. The van der Waals surface area contributed by atoms with Crippen molar-refractivity contribution in [1.29, 1.82) is 0 Å². The molecule has 0 fully saturated rings. The predicted octanol–water partition coefficient (Wildman–Crippen LogP) is 2.84. The number of hydrogen-bond donors (Lipinski definition) is 2. The molecular formula is C18H17IN2O4. The molecule has 0 bridgehead atoms. The quantitative estimate of drug-likeness (QED) is 0.522. The van der Waals surface area contributed by atoms with Gasteiger partial charge >= 0.3 is 5.97 Å². The Kier molecular flexibility index (Phi) is 6.93. The molecule has 0 spiro atoms. The molecule has 2 rings (SSSR count). The van der Waals surface area contributed by atoms with E-state index < -0.39 is 5.97 Å². The van der Waals surface area contributed by atoms with Crippen LogP contribution in [0.2, 0.25) is 0 Å². The van der Waals surface area contributed by atoms with Gasteiger partial charge in [-0.05, 0) is 65.9 Å². The third-order valence-electron chi connectivity index (χ3n) is 3.21. The van der Waals surface area contributed by atoms with Crippen molar-refractivity contribution in [3.63, 3.8) is 0 Å². The van der Waals surface area contributed by atoms with Gasteiger partial charge in [0.25, 0.3) is 5.91 Å². The van der Waals surface area contributed by atoms with E-state index in [9.17, 15) is 14.4 Å². The zero-order valence-electron chi connectivity index (χ0n) is 13.5. The second-order valence-electron chi connectivity index (χ2n) is 5.01. The second-order valence-corrected chi connectivity index (χ2v) is 6.17. The number of halogens is 1. The summed E-state index contributed by atoms with van der Waals surface area (Å²) in [5.41, 5.74) is 1.46. The molecule has 0 unspecified atom stereocenters. The third-order valence-corrected chi connectivity index (χ3v) is 4.15. The number of esters is 1. The molecule has 7 heteroatoms. The number of carbonyl (C=O) groups is 3. The van der Waals surface area contributed by atoms with Crippen molar-refractivity contribution < 1.29 is 19.1 Å². The van der Waals surface area contributed by atoms with Gasteiger partial charge in [0.05, 0.1) is 24.3 Å². The summed E-state index contributed by atoms with van der Waals surface area (Å²) < 4.78 is 5.70. The van der Waals surface area contributed by atoms with E-state index >= 15 is 0 Å². The number of carbonyl (C=O) groups excluding carboxylic acids is 3. The van der Waals surface area contributed by atoms with Crippen LogP contribution in [0.3, 0.4) is 0 Å². The van der Waals surface area contributed by atoms with E-state index in [0.29, 0.717) is 23.4 Å². The average molecular weight is 452 g/mol. The Labute approximate surface area is 159 Å². The normalized spacial score (nSPS) is 10.0. The fourth-order valence-corrected chi connectivity index (χ4v) is 2.64. The number of rotatable bonds is 6. The van der Waals surface area contributed by atoms with Gasteiger partial charge in [0.2, 0.25) is 5.91 Å². The summed E-state index contributed by atoms with van der Waals surface area (Å²) in [6.07, 6.45) is 0. The first-order chi connectivity index (χ1) is 12.0. The summed E-state index contributed by atoms with van der Waals surface area (Å²) in [4.78, 5) is 35.6. The molecule has 2 aromatic carbocycles. The van der Waals surface area contributed by atoms with E-state index in [1.807, 2.05) is 12.1 Å². The summed E-state index contributed by atoms with van der Waals surface area (Å²) in [7, 11) is 0. The van der Waals surface area contributed by atoms with E-state index in [-0.39, 0.29) is 18.4 Å². The van der Waals surface area contributed by atoms with Crippen molar-refractivity contribution in [3.8, 4) is 0 Å². The van der Waals surface area contributed by atoms with E-state index in [1.165, 1.54) is 0 Å². The Hall–Kier alpha value is -2.42. The van der Waals surface area contributed by atoms with Crippen LogP contribution in [-0.2, 0) is 9.53 Å². The van der Waals surface area contributed by atoms with Crippen molar-refractivity contribution in [2.75, 3.05) is 18.5 Å². The van der Waals surface area contributed by atoms with Crippen LogP contribution in [0.4, 0.5) is 5.69 Å². The smallest absolute Gasteiger partial charge is 0.338 e. The van der Waals surface area contributed by atoms with Crippen molar-refractivity contribution >= 4 is 46.1 Å². The lowest BCUT2D eigenvalue weighted by molar-refractivity contribution is -0.115. The van der Waals surface area contributed by atoms with Gasteiger partial charge in [0, 0.05) is 9.26 Å². The molecule has 0 heterocycles. The molecule has 0 radical (unpaired) electrons. The van der Waals surface area contributed by atoms with E-state index in [2.05, 4.69) is 33.2 Å². The number of hydrogen-bond acceptors (Lipinski definition) is 4. The van der Waals surface area contributed by atoms with Crippen molar-refractivity contribution in [1.82, 2.24) is 5.32 Å². The molecule has 130 valence electrons.